The molecule has 3 rings (SSSR count). The molecule has 0 aliphatic carbocycles. The molecule has 3 heterocycles. The Morgan fingerprint density at radius 2 is 2.15 bits per heavy atom. The van der Waals surface area contributed by atoms with E-state index in [1.807, 2.05) is 17.5 Å². The van der Waals surface area contributed by atoms with Crippen molar-refractivity contribution in [3.8, 4) is 9.88 Å². The van der Waals surface area contributed by atoms with Gasteiger partial charge in [-0.25, -0.2) is 9.97 Å². The summed E-state index contributed by atoms with van der Waals surface area (Å²) in [6, 6.07) is 3.72. The van der Waals surface area contributed by atoms with Crippen LogP contribution in [0, 0.1) is 0 Å². The Morgan fingerprint density at radius 3 is 2.74 bits per heavy atom. The molecule has 0 fully saturated rings. The molecule has 144 valence electrons. The van der Waals surface area contributed by atoms with Gasteiger partial charge in [-0.05, 0) is 11.4 Å². The first kappa shape index (κ1) is 19.5. The quantitative estimate of drug-likeness (QED) is 0.647. The Balaban J connectivity index is 1.67. The van der Waals surface area contributed by atoms with Crippen LogP contribution in [0.1, 0.15) is 21.9 Å². The Morgan fingerprint density at radius 1 is 1.37 bits per heavy atom. The molecule has 0 radical (unpaired) electrons. The highest BCUT2D eigenvalue weighted by Gasteiger charge is 2.57. The van der Waals surface area contributed by atoms with Crippen molar-refractivity contribution < 1.29 is 23.1 Å². The number of hydrogen-bond donors (Lipinski definition) is 2. The third kappa shape index (κ3) is 3.89. The number of amides is 1. The molecular formula is C16H15F3N4O2S2. The molecule has 0 aliphatic rings. The number of rotatable bonds is 6. The van der Waals surface area contributed by atoms with E-state index in [0.29, 0.717) is 5.01 Å². The van der Waals surface area contributed by atoms with Gasteiger partial charge in [0.05, 0.1) is 11.1 Å². The molecule has 1 atom stereocenters. The van der Waals surface area contributed by atoms with Crippen molar-refractivity contribution in [1.82, 2.24) is 19.9 Å². The summed E-state index contributed by atoms with van der Waals surface area (Å²) < 4.78 is 41.4. The van der Waals surface area contributed by atoms with Gasteiger partial charge in [-0.1, -0.05) is 6.07 Å². The lowest BCUT2D eigenvalue weighted by molar-refractivity contribution is -0.272. The normalized spacial score (nSPS) is 14.1. The van der Waals surface area contributed by atoms with Crippen LogP contribution in [0.2, 0.25) is 0 Å². The number of thiazole rings is 1. The first-order valence-electron chi connectivity index (χ1n) is 7.77. The number of carbonyl (C=O) groups excluding carboxylic acids is 1. The number of imidazole rings is 1. The van der Waals surface area contributed by atoms with Crippen molar-refractivity contribution in [2.45, 2.75) is 18.2 Å². The van der Waals surface area contributed by atoms with Crippen molar-refractivity contribution in [2.24, 2.45) is 7.05 Å². The summed E-state index contributed by atoms with van der Waals surface area (Å²) in [4.78, 5) is 21.2. The van der Waals surface area contributed by atoms with E-state index < -0.39 is 29.9 Å². The highest BCUT2D eigenvalue weighted by atomic mass is 32.1. The minimum absolute atomic E-state index is 0.283. The fourth-order valence-electron chi connectivity index (χ4n) is 2.48. The maximum absolute atomic E-state index is 13.4. The lowest BCUT2D eigenvalue weighted by Crippen LogP contribution is -2.46. The minimum Gasteiger partial charge on any atom is -0.374 e. The zero-order valence-corrected chi connectivity index (χ0v) is 15.7. The van der Waals surface area contributed by atoms with Gasteiger partial charge < -0.3 is 15.0 Å². The maximum Gasteiger partial charge on any atom is 0.424 e. The number of nitrogens with zero attached hydrogens (tertiary/aromatic N) is 3. The molecule has 0 saturated carbocycles. The van der Waals surface area contributed by atoms with Crippen molar-refractivity contribution >= 4 is 28.6 Å². The SMILES string of the molecule is Cn1ccnc1C(O)(CCNC(=O)c1cnc(-c2cccs2)s1)C(F)(F)F. The molecule has 0 spiro atoms. The lowest BCUT2D eigenvalue weighted by atomic mass is 9.97. The minimum atomic E-state index is -4.94. The molecule has 0 bridgehead atoms. The highest BCUT2D eigenvalue weighted by molar-refractivity contribution is 7.21. The first-order valence-corrected chi connectivity index (χ1v) is 9.47. The number of halogens is 3. The van der Waals surface area contributed by atoms with Gasteiger partial charge in [0.1, 0.15) is 15.7 Å². The van der Waals surface area contributed by atoms with E-state index in [1.54, 1.807) is 0 Å². The van der Waals surface area contributed by atoms with Crippen molar-refractivity contribution in [3.05, 3.63) is 46.8 Å². The van der Waals surface area contributed by atoms with Gasteiger partial charge in [0, 0.05) is 32.4 Å². The van der Waals surface area contributed by atoms with Crippen LogP contribution in [0.25, 0.3) is 9.88 Å². The number of aliphatic hydroxyl groups is 1. The number of aromatic nitrogens is 3. The predicted molar refractivity (Wildman–Crippen MR) is 95.5 cm³/mol. The van der Waals surface area contributed by atoms with Gasteiger partial charge in [-0.2, -0.15) is 13.2 Å². The molecule has 0 aliphatic heterocycles. The van der Waals surface area contributed by atoms with Crippen LogP contribution >= 0.6 is 22.7 Å². The van der Waals surface area contributed by atoms with E-state index in [0.717, 1.165) is 20.8 Å². The number of thiophene rings is 1. The molecule has 0 saturated heterocycles. The number of carbonyl (C=O) groups is 1. The smallest absolute Gasteiger partial charge is 0.374 e. The largest absolute Gasteiger partial charge is 0.424 e. The van der Waals surface area contributed by atoms with Gasteiger partial charge in [-0.3, -0.25) is 4.79 Å². The monoisotopic (exact) mass is 416 g/mol. The summed E-state index contributed by atoms with van der Waals surface area (Å²) in [5.74, 6) is -1.07. The van der Waals surface area contributed by atoms with Crippen LogP contribution in [0.3, 0.4) is 0 Å². The fraction of sp³-hybridized carbons (Fsp3) is 0.312. The Hall–Kier alpha value is -2.24. The van der Waals surface area contributed by atoms with Crippen LogP contribution < -0.4 is 5.32 Å². The van der Waals surface area contributed by atoms with E-state index in [9.17, 15) is 23.1 Å². The second-order valence-electron chi connectivity index (χ2n) is 5.73. The lowest BCUT2D eigenvalue weighted by Gasteiger charge is -2.29. The number of alkyl halides is 3. The first-order chi connectivity index (χ1) is 12.7. The summed E-state index contributed by atoms with van der Waals surface area (Å²) in [5, 5.41) is 15.2. The molecule has 6 nitrogen and oxygen atoms in total. The number of aryl methyl sites for hydroxylation is 1. The van der Waals surface area contributed by atoms with Crippen LogP contribution in [0.5, 0.6) is 0 Å². The fourth-order valence-corrected chi connectivity index (χ4v) is 4.12. The number of hydrogen-bond acceptors (Lipinski definition) is 6. The molecular weight excluding hydrogens is 401 g/mol. The molecule has 3 aromatic heterocycles. The summed E-state index contributed by atoms with van der Waals surface area (Å²) in [5.41, 5.74) is -3.16. The average molecular weight is 416 g/mol. The zero-order chi connectivity index (χ0) is 19.7. The second-order valence-corrected chi connectivity index (χ2v) is 7.71. The van der Waals surface area contributed by atoms with Crippen LogP contribution in [-0.4, -0.2) is 38.3 Å². The van der Waals surface area contributed by atoms with E-state index in [4.69, 9.17) is 0 Å². The van der Waals surface area contributed by atoms with Gasteiger partial charge in [0.25, 0.3) is 5.91 Å². The standard InChI is InChI=1S/C16H15F3N4O2S2/c1-23-7-6-21-14(23)15(25,16(17,18)19)4-5-20-12(24)11-9-22-13(27-11)10-3-2-8-26-10/h2-3,6-9,25H,4-5H2,1H3,(H,20,24). The maximum atomic E-state index is 13.4. The Labute approximate surface area is 160 Å². The highest BCUT2D eigenvalue weighted by Crippen LogP contribution is 2.40. The third-order valence-electron chi connectivity index (χ3n) is 3.89. The van der Waals surface area contributed by atoms with Gasteiger partial charge >= 0.3 is 6.18 Å². The molecule has 1 unspecified atom stereocenters. The topological polar surface area (TPSA) is 80.0 Å². The molecule has 3 aromatic rings. The molecule has 11 heteroatoms. The summed E-state index contributed by atoms with van der Waals surface area (Å²) in [6.45, 7) is -0.381. The average Bonchev–Trinajstić information content (AvgIpc) is 3.34. The van der Waals surface area contributed by atoms with Gasteiger partial charge in [-0.15, -0.1) is 22.7 Å². The molecule has 0 aromatic carbocycles. The Kier molecular flexibility index (Phi) is 5.36. The van der Waals surface area contributed by atoms with E-state index in [1.165, 1.54) is 37.0 Å². The van der Waals surface area contributed by atoms with Crippen molar-refractivity contribution in [2.75, 3.05) is 6.54 Å². The molecule has 27 heavy (non-hydrogen) atoms. The van der Waals surface area contributed by atoms with Crippen LogP contribution in [-0.2, 0) is 12.6 Å². The molecule has 1 amide bonds. The summed E-state index contributed by atoms with van der Waals surface area (Å²) >= 11 is 2.62. The second kappa shape index (κ2) is 7.41. The summed E-state index contributed by atoms with van der Waals surface area (Å²) in [7, 11) is 1.36. The molecule has 2 N–H and O–H groups in total. The summed E-state index contributed by atoms with van der Waals surface area (Å²) in [6.07, 6.45) is -1.83. The zero-order valence-electron chi connectivity index (χ0n) is 14.0. The van der Waals surface area contributed by atoms with Gasteiger partial charge in [0.15, 0.2) is 0 Å². The Bertz CT molecular complexity index is 920. The van der Waals surface area contributed by atoms with E-state index >= 15 is 0 Å². The van der Waals surface area contributed by atoms with E-state index in [2.05, 4.69) is 15.3 Å². The van der Waals surface area contributed by atoms with Crippen molar-refractivity contribution in [3.63, 3.8) is 0 Å². The number of nitrogens with one attached hydrogen (secondary N) is 1. The third-order valence-corrected chi connectivity index (χ3v) is 5.93. The van der Waals surface area contributed by atoms with Crippen LogP contribution in [0.4, 0.5) is 13.2 Å². The van der Waals surface area contributed by atoms with Crippen LogP contribution in [0.15, 0.2) is 36.1 Å². The predicted octanol–water partition coefficient (Wildman–Crippen LogP) is 3.18. The van der Waals surface area contributed by atoms with Gasteiger partial charge in [0.2, 0.25) is 5.60 Å². The van der Waals surface area contributed by atoms with E-state index in [-0.39, 0.29) is 11.4 Å². The van der Waals surface area contributed by atoms with Crippen molar-refractivity contribution in [1.29, 1.82) is 0 Å².